The zero-order valence-corrected chi connectivity index (χ0v) is 9.03. The van der Waals surface area contributed by atoms with Crippen molar-refractivity contribution in [2.75, 3.05) is 11.9 Å². The van der Waals surface area contributed by atoms with E-state index >= 15 is 0 Å². The molecule has 0 amide bonds. The van der Waals surface area contributed by atoms with Gasteiger partial charge in [0.15, 0.2) is 0 Å². The SMILES string of the molecule is Cc1ccc(NCC(=O)O)c2ccccc12. The summed E-state index contributed by atoms with van der Waals surface area (Å²) in [6.45, 7) is 1.98. The van der Waals surface area contributed by atoms with Crippen LogP contribution >= 0.6 is 0 Å². The fourth-order valence-corrected chi connectivity index (χ4v) is 1.77. The summed E-state index contributed by atoms with van der Waals surface area (Å²) in [6, 6.07) is 11.9. The lowest BCUT2D eigenvalue weighted by atomic mass is 10.0. The number of carbonyl (C=O) groups is 1. The van der Waals surface area contributed by atoms with Gasteiger partial charge in [-0.25, -0.2) is 0 Å². The van der Waals surface area contributed by atoms with Crippen molar-refractivity contribution in [1.82, 2.24) is 0 Å². The first-order valence-corrected chi connectivity index (χ1v) is 5.12. The Morgan fingerprint density at radius 2 is 1.88 bits per heavy atom. The van der Waals surface area contributed by atoms with Gasteiger partial charge in [0.2, 0.25) is 0 Å². The van der Waals surface area contributed by atoms with Gasteiger partial charge in [0, 0.05) is 11.1 Å². The van der Waals surface area contributed by atoms with E-state index in [-0.39, 0.29) is 6.54 Å². The zero-order valence-electron chi connectivity index (χ0n) is 9.03. The Bertz CT molecular complexity index is 534. The maximum absolute atomic E-state index is 10.5. The first-order valence-electron chi connectivity index (χ1n) is 5.12. The van der Waals surface area contributed by atoms with Gasteiger partial charge >= 0.3 is 5.97 Å². The van der Waals surface area contributed by atoms with E-state index in [0.29, 0.717) is 0 Å². The number of hydrogen-bond acceptors (Lipinski definition) is 2. The topological polar surface area (TPSA) is 49.3 Å². The number of fused-ring (bicyclic) bond motifs is 1. The van der Waals surface area contributed by atoms with Gasteiger partial charge in [-0.3, -0.25) is 4.79 Å². The van der Waals surface area contributed by atoms with E-state index in [1.54, 1.807) is 0 Å². The van der Waals surface area contributed by atoms with Gasteiger partial charge in [0.05, 0.1) is 0 Å². The number of aliphatic carboxylic acids is 1. The normalized spacial score (nSPS) is 10.3. The maximum Gasteiger partial charge on any atom is 0.322 e. The van der Waals surface area contributed by atoms with Crippen molar-refractivity contribution in [3.63, 3.8) is 0 Å². The highest BCUT2D eigenvalue weighted by Crippen LogP contribution is 2.25. The van der Waals surface area contributed by atoms with Crippen LogP contribution < -0.4 is 5.32 Å². The third-order valence-corrected chi connectivity index (χ3v) is 2.57. The molecule has 0 fully saturated rings. The average molecular weight is 215 g/mol. The molecule has 2 aromatic rings. The summed E-state index contributed by atoms with van der Waals surface area (Å²) in [4.78, 5) is 10.5. The molecule has 3 nitrogen and oxygen atoms in total. The van der Waals surface area contributed by atoms with Gasteiger partial charge in [-0.2, -0.15) is 0 Å². The van der Waals surface area contributed by atoms with Crippen LogP contribution in [0.4, 0.5) is 5.69 Å². The largest absolute Gasteiger partial charge is 0.480 e. The molecule has 2 aromatic carbocycles. The molecule has 0 aromatic heterocycles. The van der Waals surface area contributed by atoms with Crippen molar-refractivity contribution >= 4 is 22.4 Å². The number of rotatable bonds is 3. The van der Waals surface area contributed by atoms with E-state index in [4.69, 9.17) is 5.11 Å². The van der Waals surface area contributed by atoms with Crippen molar-refractivity contribution in [1.29, 1.82) is 0 Å². The lowest BCUT2D eigenvalue weighted by Crippen LogP contribution is -2.12. The summed E-state index contributed by atoms with van der Waals surface area (Å²) < 4.78 is 0. The van der Waals surface area contributed by atoms with E-state index in [2.05, 4.69) is 5.32 Å². The van der Waals surface area contributed by atoms with Crippen molar-refractivity contribution in [3.8, 4) is 0 Å². The number of aryl methyl sites for hydroxylation is 1. The quantitative estimate of drug-likeness (QED) is 0.827. The molecule has 0 heterocycles. The summed E-state index contributed by atoms with van der Waals surface area (Å²) in [5.74, 6) is -0.857. The minimum atomic E-state index is -0.857. The molecule has 0 unspecified atom stereocenters. The third kappa shape index (κ3) is 1.98. The first-order chi connectivity index (χ1) is 7.68. The molecule has 0 bridgehead atoms. The fourth-order valence-electron chi connectivity index (χ4n) is 1.77. The van der Waals surface area contributed by atoms with Gasteiger partial charge in [0.1, 0.15) is 6.54 Å². The average Bonchev–Trinajstić information content (AvgIpc) is 2.28. The number of hydrogen-bond donors (Lipinski definition) is 2. The standard InChI is InChI=1S/C13H13NO2/c1-9-6-7-12(14-8-13(15)16)11-5-3-2-4-10(9)11/h2-7,14H,8H2,1H3,(H,15,16). The highest BCUT2D eigenvalue weighted by atomic mass is 16.4. The molecule has 0 spiro atoms. The number of nitrogens with one attached hydrogen (secondary N) is 1. The fraction of sp³-hybridized carbons (Fsp3) is 0.154. The second kappa shape index (κ2) is 4.23. The Hall–Kier alpha value is -2.03. The second-order valence-electron chi connectivity index (χ2n) is 3.72. The first kappa shape index (κ1) is 10.5. The lowest BCUT2D eigenvalue weighted by molar-refractivity contribution is -0.134. The van der Waals surface area contributed by atoms with E-state index < -0.39 is 5.97 Å². The smallest absolute Gasteiger partial charge is 0.322 e. The van der Waals surface area contributed by atoms with Crippen molar-refractivity contribution in [3.05, 3.63) is 42.0 Å². The predicted molar refractivity (Wildman–Crippen MR) is 64.8 cm³/mol. The molecule has 0 saturated carbocycles. The third-order valence-electron chi connectivity index (χ3n) is 2.57. The molecule has 0 aliphatic carbocycles. The van der Waals surface area contributed by atoms with E-state index in [1.165, 1.54) is 5.56 Å². The van der Waals surface area contributed by atoms with Gasteiger partial charge in [-0.1, -0.05) is 30.3 Å². The van der Waals surface area contributed by atoms with Crippen LogP contribution in [0.25, 0.3) is 10.8 Å². The van der Waals surface area contributed by atoms with Crippen molar-refractivity contribution in [2.24, 2.45) is 0 Å². The highest BCUT2D eigenvalue weighted by molar-refractivity contribution is 5.96. The number of carboxylic acid groups (broad SMARTS) is 1. The Kier molecular flexibility index (Phi) is 2.77. The van der Waals surface area contributed by atoms with Gasteiger partial charge in [0.25, 0.3) is 0 Å². The Labute approximate surface area is 93.7 Å². The Morgan fingerprint density at radius 1 is 1.19 bits per heavy atom. The monoisotopic (exact) mass is 215 g/mol. The highest BCUT2D eigenvalue weighted by Gasteiger charge is 2.03. The van der Waals surface area contributed by atoms with Gasteiger partial charge in [-0.15, -0.1) is 0 Å². The van der Waals surface area contributed by atoms with Crippen LogP contribution in [0.1, 0.15) is 5.56 Å². The summed E-state index contributed by atoms with van der Waals surface area (Å²) in [5, 5.41) is 13.8. The predicted octanol–water partition coefficient (Wildman–Crippen LogP) is 2.64. The molecule has 82 valence electrons. The van der Waals surface area contributed by atoms with Crippen LogP contribution in [0.2, 0.25) is 0 Å². The van der Waals surface area contributed by atoms with E-state index in [9.17, 15) is 4.79 Å². The molecule has 2 N–H and O–H groups in total. The molecule has 0 aliphatic heterocycles. The summed E-state index contributed by atoms with van der Waals surface area (Å²) in [6.07, 6.45) is 0. The lowest BCUT2D eigenvalue weighted by Gasteiger charge is -2.09. The minimum absolute atomic E-state index is 0.0624. The number of carboxylic acids is 1. The number of anilines is 1. The summed E-state index contributed by atoms with van der Waals surface area (Å²) in [7, 11) is 0. The Morgan fingerprint density at radius 3 is 2.56 bits per heavy atom. The molecule has 0 saturated heterocycles. The Balaban J connectivity index is 2.46. The molecule has 0 radical (unpaired) electrons. The van der Waals surface area contributed by atoms with Gasteiger partial charge < -0.3 is 10.4 Å². The molecule has 0 atom stereocenters. The zero-order chi connectivity index (χ0) is 11.5. The summed E-state index contributed by atoms with van der Waals surface area (Å²) >= 11 is 0. The molecule has 0 aliphatic rings. The van der Waals surface area contributed by atoms with E-state index in [0.717, 1.165) is 16.5 Å². The van der Waals surface area contributed by atoms with Crippen LogP contribution in [0.3, 0.4) is 0 Å². The van der Waals surface area contributed by atoms with Crippen LogP contribution in [-0.4, -0.2) is 17.6 Å². The molecule has 16 heavy (non-hydrogen) atoms. The molecular weight excluding hydrogens is 202 g/mol. The minimum Gasteiger partial charge on any atom is -0.480 e. The second-order valence-corrected chi connectivity index (χ2v) is 3.72. The van der Waals surface area contributed by atoms with Crippen molar-refractivity contribution < 1.29 is 9.90 Å². The van der Waals surface area contributed by atoms with Crippen LogP contribution in [-0.2, 0) is 4.79 Å². The van der Waals surface area contributed by atoms with Gasteiger partial charge in [-0.05, 0) is 23.9 Å². The van der Waals surface area contributed by atoms with Crippen LogP contribution in [0.5, 0.6) is 0 Å². The number of benzene rings is 2. The molecule has 3 heteroatoms. The van der Waals surface area contributed by atoms with Crippen LogP contribution in [0, 0.1) is 6.92 Å². The molecular formula is C13H13NO2. The van der Waals surface area contributed by atoms with Crippen LogP contribution in [0.15, 0.2) is 36.4 Å². The van der Waals surface area contributed by atoms with Crippen molar-refractivity contribution in [2.45, 2.75) is 6.92 Å². The summed E-state index contributed by atoms with van der Waals surface area (Å²) in [5.41, 5.74) is 2.06. The maximum atomic E-state index is 10.5. The van der Waals surface area contributed by atoms with E-state index in [1.807, 2.05) is 43.3 Å². The molecule has 2 rings (SSSR count).